The van der Waals surface area contributed by atoms with Crippen LogP contribution in [0.1, 0.15) is 20.3 Å². The molecule has 0 aromatic heterocycles. The van der Waals surface area contributed by atoms with E-state index in [0.29, 0.717) is 0 Å². The Morgan fingerprint density at radius 1 is 1.40 bits per heavy atom. The van der Waals surface area contributed by atoms with Crippen molar-refractivity contribution in [3.63, 3.8) is 0 Å². The van der Waals surface area contributed by atoms with Crippen LogP contribution in [0.25, 0.3) is 0 Å². The van der Waals surface area contributed by atoms with E-state index in [1.165, 1.54) is 0 Å². The van der Waals surface area contributed by atoms with E-state index in [4.69, 9.17) is 18.9 Å². The minimum Gasteiger partial charge on any atom is -0.379 e. The van der Waals surface area contributed by atoms with Crippen LogP contribution in [0, 0.1) is 0 Å². The first kappa shape index (κ1) is 11.3. The van der Waals surface area contributed by atoms with Gasteiger partial charge in [-0.05, 0) is 13.8 Å². The Kier molecular flexibility index (Phi) is 3.03. The molecular weight excluding hydrogens is 196 g/mol. The lowest BCUT2D eigenvalue weighted by molar-refractivity contribution is -0.184. The molecule has 0 saturated carbocycles. The Morgan fingerprint density at radius 3 is 2.73 bits per heavy atom. The number of hydrogen-bond acceptors (Lipinski definition) is 4. The maximum Gasteiger partial charge on any atom is 0.125 e. The summed E-state index contributed by atoms with van der Waals surface area (Å²) in [7, 11) is 3.42. The van der Waals surface area contributed by atoms with Crippen molar-refractivity contribution in [3.05, 3.63) is 0 Å². The SMILES string of the molecule is COC(C)C12CCOC(C(C)O1)C2OC. The normalized spacial score (nSPS) is 46.8. The first-order valence-corrected chi connectivity index (χ1v) is 5.50. The van der Waals surface area contributed by atoms with E-state index in [0.717, 1.165) is 13.0 Å². The molecule has 4 heteroatoms. The lowest BCUT2D eigenvalue weighted by Crippen LogP contribution is -2.56. The molecule has 5 atom stereocenters. The van der Waals surface area contributed by atoms with Gasteiger partial charge in [0.1, 0.15) is 17.8 Å². The van der Waals surface area contributed by atoms with Crippen molar-refractivity contribution in [1.82, 2.24) is 0 Å². The van der Waals surface area contributed by atoms with E-state index in [9.17, 15) is 0 Å². The molecule has 2 heterocycles. The molecule has 0 N–H and O–H groups in total. The fourth-order valence-corrected chi connectivity index (χ4v) is 2.85. The summed E-state index contributed by atoms with van der Waals surface area (Å²) in [6.45, 7) is 4.79. The predicted octanol–water partition coefficient (Wildman–Crippen LogP) is 0.983. The molecule has 2 aliphatic heterocycles. The van der Waals surface area contributed by atoms with E-state index in [1.54, 1.807) is 14.2 Å². The van der Waals surface area contributed by atoms with E-state index < -0.39 is 0 Å². The summed E-state index contributed by atoms with van der Waals surface area (Å²) in [5.41, 5.74) is -0.328. The van der Waals surface area contributed by atoms with E-state index in [2.05, 4.69) is 0 Å². The molecule has 2 aliphatic rings. The number of fused-ring (bicyclic) bond motifs is 2. The van der Waals surface area contributed by atoms with E-state index in [1.807, 2.05) is 13.8 Å². The zero-order valence-electron chi connectivity index (χ0n) is 9.86. The summed E-state index contributed by atoms with van der Waals surface area (Å²) in [6.07, 6.45) is 0.966. The maximum absolute atomic E-state index is 6.05. The zero-order chi connectivity index (χ0) is 11.1. The average molecular weight is 216 g/mol. The second-order valence-electron chi connectivity index (χ2n) is 4.40. The van der Waals surface area contributed by atoms with Crippen molar-refractivity contribution in [3.8, 4) is 0 Å². The molecule has 0 aliphatic carbocycles. The van der Waals surface area contributed by atoms with Gasteiger partial charge in [-0.2, -0.15) is 0 Å². The van der Waals surface area contributed by atoms with Gasteiger partial charge >= 0.3 is 0 Å². The van der Waals surface area contributed by atoms with Crippen molar-refractivity contribution in [2.45, 2.75) is 50.3 Å². The van der Waals surface area contributed by atoms with Crippen LogP contribution in [0.2, 0.25) is 0 Å². The van der Waals surface area contributed by atoms with Crippen LogP contribution >= 0.6 is 0 Å². The molecule has 0 spiro atoms. The Labute approximate surface area is 90.8 Å². The number of methoxy groups -OCH3 is 2. The highest BCUT2D eigenvalue weighted by molar-refractivity contribution is 5.08. The van der Waals surface area contributed by atoms with Gasteiger partial charge in [0.25, 0.3) is 0 Å². The largest absolute Gasteiger partial charge is 0.379 e. The van der Waals surface area contributed by atoms with Crippen LogP contribution < -0.4 is 0 Å². The molecule has 15 heavy (non-hydrogen) atoms. The Hall–Kier alpha value is -0.160. The summed E-state index contributed by atoms with van der Waals surface area (Å²) in [5.74, 6) is 0. The minimum atomic E-state index is -0.328. The van der Waals surface area contributed by atoms with Gasteiger partial charge in [-0.25, -0.2) is 0 Å². The second-order valence-corrected chi connectivity index (χ2v) is 4.40. The summed E-state index contributed by atoms with van der Waals surface area (Å²) < 4.78 is 22.7. The molecule has 88 valence electrons. The maximum atomic E-state index is 6.05. The van der Waals surface area contributed by atoms with Gasteiger partial charge in [-0.1, -0.05) is 0 Å². The molecule has 2 bridgehead atoms. The second kappa shape index (κ2) is 4.01. The van der Waals surface area contributed by atoms with Crippen LogP contribution in [0.15, 0.2) is 0 Å². The molecule has 5 unspecified atom stereocenters. The quantitative estimate of drug-likeness (QED) is 0.705. The van der Waals surface area contributed by atoms with Gasteiger partial charge in [0, 0.05) is 20.6 Å². The Bertz CT molecular complexity index is 233. The predicted molar refractivity (Wildman–Crippen MR) is 54.9 cm³/mol. The Morgan fingerprint density at radius 2 is 2.13 bits per heavy atom. The molecule has 0 aromatic carbocycles. The molecule has 2 rings (SSSR count). The topological polar surface area (TPSA) is 36.9 Å². The number of hydrogen-bond donors (Lipinski definition) is 0. The van der Waals surface area contributed by atoms with Crippen LogP contribution in [0.3, 0.4) is 0 Å². The number of ether oxygens (including phenoxy) is 4. The number of rotatable bonds is 3. The standard InChI is InChI=1S/C11H20O4/c1-7-9-10(13-4)11(15-7,5-6-14-9)8(2)12-3/h7-10H,5-6H2,1-4H3. The first-order chi connectivity index (χ1) is 7.15. The fourth-order valence-electron chi connectivity index (χ4n) is 2.85. The summed E-state index contributed by atoms with van der Waals surface area (Å²) in [6, 6.07) is 0. The van der Waals surface area contributed by atoms with Crippen LogP contribution in [-0.2, 0) is 18.9 Å². The van der Waals surface area contributed by atoms with Crippen molar-refractivity contribution >= 4 is 0 Å². The molecular formula is C11H20O4. The summed E-state index contributed by atoms with van der Waals surface area (Å²) in [4.78, 5) is 0. The zero-order valence-corrected chi connectivity index (χ0v) is 9.86. The van der Waals surface area contributed by atoms with Gasteiger partial charge in [0.2, 0.25) is 0 Å². The van der Waals surface area contributed by atoms with Gasteiger partial charge in [0.15, 0.2) is 0 Å². The summed E-state index contributed by atoms with van der Waals surface area (Å²) in [5, 5.41) is 0. The third-order valence-corrected chi connectivity index (χ3v) is 3.75. The smallest absolute Gasteiger partial charge is 0.125 e. The van der Waals surface area contributed by atoms with Gasteiger partial charge in [-0.3, -0.25) is 0 Å². The summed E-state index contributed by atoms with van der Waals surface area (Å²) >= 11 is 0. The Balaban J connectivity index is 2.28. The third-order valence-electron chi connectivity index (χ3n) is 3.75. The van der Waals surface area contributed by atoms with Crippen LogP contribution in [0.5, 0.6) is 0 Å². The highest BCUT2D eigenvalue weighted by atomic mass is 16.6. The van der Waals surface area contributed by atoms with Crippen molar-refractivity contribution in [1.29, 1.82) is 0 Å². The van der Waals surface area contributed by atoms with Crippen molar-refractivity contribution in [2.24, 2.45) is 0 Å². The molecule has 0 aromatic rings. The van der Waals surface area contributed by atoms with Crippen LogP contribution in [0.4, 0.5) is 0 Å². The molecule has 2 saturated heterocycles. The lowest BCUT2D eigenvalue weighted by atomic mass is 9.84. The van der Waals surface area contributed by atoms with E-state index in [-0.39, 0.29) is 30.0 Å². The van der Waals surface area contributed by atoms with Crippen molar-refractivity contribution in [2.75, 3.05) is 20.8 Å². The fraction of sp³-hybridized carbons (Fsp3) is 1.00. The average Bonchev–Trinajstić information content (AvgIpc) is 2.41. The molecule has 4 nitrogen and oxygen atoms in total. The molecule has 0 amide bonds. The van der Waals surface area contributed by atoms with E-state index >= 15 is 0 Å². The molecule has 2 fully saturated rings. The van der Waals surface area contributed by atoms with Gasteiger partial charge in [0.05, 0.1) is 18.8 Å². The van der Waals surface area contributed by atoms with Crippen LogP contribution in [-0.4, -0.2) is 50.8 Å². The van der Waals surface area contributed by atoms with Gasteiger partial charge < -0.3 is 18.9 Å². The van der Waals surface area contributed by atoms with Gasteiger partial charge in [-0.15, -0.1) is 0 Å². The lowest BCUT2D eigenvalue weighted by Gasteiger charge is -2.41. The van der Waals surface area contributed by atoms with Crippen molar-refractivity contribution < 1.29 is 18.9 Å². The third kappa shape index (κ3) is 1.51. The first-order valence-electron chi connectivity index (χ1n) is 5.50. The molecule has 0 radical (unpaired) electrons. The highest BCUT2D eigenvalue weighted by Crippen LogP contribution is 2.43. The minimum absolute atomic E-state index is 0.0174. The monoisotopic (exact) mass is 216 g/mol. The highest BCUT2D eigenvalue weighted by Gasteiger charge is 2.60.